The molecule has 0 atom stereocenters. The predicted molar refractivity (Wildman–Crippen MR) is 79.2 cm³/mol. The average molecular weight is 256 g/mol. The standard InChI is InChI=1S/C16H20N2O/c1-2-17-12-16(19)18-11-10-14-8-5-7-13-6-3-4-9-15(13)14/h3-9,17H,2,10-12H2,1H3,(H,18,19). The van der Waals surface area contributed by atoms with Crippen LogP contribution in [0.2, 0.25) is 0 Å². The van der Waals surface area contributed by atoms with E-state index in [9.17, 15) is 4.79 Å². The van der Waals surface area contributed by atoms with Crippen LogP contribution in [0.1, 0.15) is 12.5 Å². The van der Waals surface area contributed by atoms with Crippen LogP contribution in [0.25, 0.3) is 10.8 Å². The highest BCUT2D eigenvalue weighted by atomic mass is 16.1. The van der Waals surface area contributed by atoms with E-state index in [0.29, 0.717) is 13.1 Å². The monoisotopic (exact) mass is 256 g/mol. The molecule has 2 aromatic rings. The zero-order valence-corrected chi connectivity index (χ0v) is 11.3. The van der Waals surface area contributed by atoms with Crippen LogP contribution in [0.15, 0.2) is 42.5 Å². The average Bonchev–Trinajstić information content (AvgIpc) is 2.45. The fourth-order valence-corrected chi connectivity index (χ4v) is 2.15. The molecule has 0 radical (unpaired) electrons. The van der Waals surface area contributed by atoms with Crippen molar-refractivity contribution < 1.29 is 4.79 Å². The van der Waals surface area contributed by atoms with Crippen molar-refractivity contribution in [2.24, 2.45) is 0 Å². The van der Waals surface area contributed by atoms with E-state index in [1.807, 2.05) is 13.0 Å². The molecule has 3 nitrogen and oxygen atoms in total. The van der Waals surface area contributed by atoms with E-state index in [2.05, 4.69) is 47.0 Å². The molecule has 0 heterocycles. The van der Waals surface area contributed by atoms with Gasteiger partial charge in [0.15, 0.2) is 0 Å². The van der Waals surface area contributed by atoms with Gasteiger partial charge >= 0.3 is 0 Å². The third-order valence-electron chi connectivity index (χ3n) is 3.13. The van der Waals surface area contributed by atoms with E-state index in [-0.39, 0.29) is 5.91 Å². The summed E-state index contributed by atoms with van der Waals surface area (Å²) in [5.74, 6) is 0.0575. The molecule has 0 unspecified atom stereocenters. The van der Waals surface area contributed by atoms with E-state index in [0.717, 1.165) is 13.0 Å². The lowest BCUT2D eigenvalue weighted by Crippen LogP contribution is -2.34. The van der Waals surface area contributed by atoms with Gasteiger partial charge in [0.25, 0.3) is 0 Å². The number of hydrogen-bond donors (Lipinski definition) is 2. The van der Waals surface area contributed by atoms with Crippen molar-refractivity contribution in [2.75, 3.05) is 19.6 Å². The number of benzene rings is 2. The van der Waals surface area contributed by atoms with Gasteiger partial charge in [0.1, 0.15) is 0 Å². The van der Waals surface area contributed by atoms with Crippen LogP contribution in [-0.2, 0) is 11.2 Å². The van der Waals surface area contributed by atoms with E-state index in [4.69, 9.17) is 0 Å². The molecule has 0 saturated heterocycles. The lowest BCUT2D eigenvalue weighted by atomic mass is 10.0. The summed E-state index contributed by atoms with van der Waals surface area (Å²) >= 11 is 0. The van der Waals surface area contributed by atoms with Gasteiger partial charge in [-0.15, -0.1) is 0 Å². The first-order chi connectivity index (χ1) is 9.31. The lowest BCUT2D eigenvalue weighted by molar-refractivity contribution is -0.120. The zero-order valence-electron chi connectivity index (χ0n) is 11.3. The van der Waals surface area contributed by atoms with Crippen molar-refractivity contribution in [3.63, 3.8) is 0 Å². The Labute approximate surface area is 114 Å². The Hall–Kier alpha value is -1.87. The van der Waals surface area contributed by atoms with Crippen molar-refractivity contribution in [2.45, 2.75) is 13.3 Å². The second-order valence-electron chi connectivity index (χ2n) is 4.52. The Morgan fingerprint density at radius 2 is 1.89 bits per heavy atom. The van der Waals surface area contributed by atoms with Gasteiger partial charge in [-0.3, -0.25) is 4.79 Å². The Kier molecular flexibility index (Phi) is 4.93. The van der Waals surface area contributed by atoms with Crippen molar-refractivity contribution >= 4 is 16.7 Å². The number of likely N-dealkylation sites (N-methyl/N-ethyl adjacent to an activating group) is 1. The molecule has 0 aliphatic rings. The summed E-state index contributed by atoms with van der Waals surface area (Å²) in [5, 5.41) is 8.46. The van der Waals surface area contributed by atoms with Crippen molar-refractivity contribution in [1.29, 1.82) is 0 Å². The van der Waals surface area contributed by atoms with Crippen molar-refractivity contribution in [3.05, 3.63) is 48.0 Å². The highest BCUT2D eigenvalue weighted by molar-refractivity contribution is 5.85. The largest absolute Gasteiger partial charge is 0.355 e. The summed E-state index contributed by atoms with van der Waals surface area (Å²) in [6, 6.07) is 14.6. The van der Waals surface area contributed by atoms with Crippen LogP contribution in [0.5, 0.6) is 0 Å². The normalized spacial score (nSPS) is 10.6. The SMILES string of the molecule is CCNCC(=O)NCCc1cccc2ccccc12. The minimum atomic E-state index is 0.0575. The molecule has 2 aromatic carbocycles. The number of nitrogens with one attached hydrogen (secondary N) is 2. The van der Waals surface area contributed by atoms with Crippen molar-refractivity contribution in [3.8, 4) is 0 Å². The molecule has 0 aliphatic carbocycles. The first kappa shape index (κ1) is 13.6. The van der Waals surface area contributed by atoms with Gasteiger partial charge in [0, 0.05) is 6.54 Å². The molecule has 0 aromatic heterocycles. The highest BCUT2D eigenvalue weighted by Crippen LogP contribution is 2.18. The maximum absolute atomic E-state index is 11.5. The number of amides is 1. The first-order valence-electron chi connectivity index (χ1n) is 6.75. The maximum atomic E-state index is 11.5. The molecule has 0 aliphatic heterocycles. The fourth-order valence-electron chi connectivity index (χ4n) is 2.15. The molecule has 2 rings (SSSR count). The third-order valence-corrected chi connectivity index (χ3v) is 3.13. The quantitative estimate of drug-likeness (QED) is 0.831. The van der Waals surface area contributed by atoms with Crippen LogP contribution < -0.4 is 10.6 Å². The van der Waals surface area contributed by atoms with E-state index in [1.54, 1.807) is 0 Å². The number of carbonyl (C=O) groups is 1. The van der Waals surface area contributed by atoms with Crippen molar-refractivity contribution in [1.82, 2.24) is 10.6 Å². The summed E-state index contributed by atoms with van der Waals surface area (Å²) in [7, 11) is 0. The summed E-state index contributed by atoms with van der Waals surface area (Å²) in [6.07, 6.45) is 0.860. The minimum absolute atomic E-state index is 0.0575. The topological polar surface area (TPSA) is 41.1 Å². The Bertz CT molecular complexity index is 546. The summed E-state index contributed by atoms with van der Waals surface area (Å²) in [4.78, 5) is 11.5. The second kappa shape index (κ2) is 6.90. The summed E-state index contributed by atoms with van der Waals surface area (Å²) in [5.41, 5.74) is 1.28. The molecule has 100 valence electrons. The number of fused-ring (bicyclic) bond motifs is 1. The molecule has 3 heteroatoms. The minimum Gasteiger partial charge on any atom is -0.355 e. The van der Waals surface area contributed by atoms with Crippen LogP contribution in [-0.4, -0.2) is 25.5 Å². The zero-order chi connectivity index (χ0) is 13.5. The van der Waals surface area contributed by atoms with E-state index >= 15 is 0 Å². The Morgan fingerprint density at radius 3 is 2.74 bits per heavy atom. The molecule has 0 fully saturated rings. The third kappa shape index (κ3) is 3.80. The first-order valence-corrected chi connectivity index (χ1v) is 6.75. The molecule has 0 bridgehead atoms. The molecule has 0 saturated carbocycles. The maximum Gasteiger partial charge on any atom is 0.233 e. The van der Waals surface area contributed by atoms with E-state index in [1.165, 1.54) is 16.3 Å². The lowest BCUT2D eigenvalue weighted by Gasteiger charge is -2.08. The van der Waals surface area contributed by atoms with Crippen LogP contribution in [0.4, 0.5) is 0 Å². The number of carbonyl (C=O) groups excluding carboxylic acids is 1. The molecular weight excluding hydrogens is 236 g/mol. The summed E-state index contributed by atoms with van der Waals surface area (Å²) < 4.78 is 0. The smallest absolute Gasteiger partial charge is 0.233 e. The predicted octanol–water partition coefficient (Wildman–Crippen LogP) is 2.11. The summed E-state index contributed by atoms with van der Waals surface area (Å²) in [6.45, 7) is 3.88. The van der Waals surface area contributed by atoms with Gasteiger partial charge in [0.05, 0.1) is 6.54 Å². The molecule has 1 amide bonds. The molecule has 0 spiro atoms. The number of hydrogen-bond acceptors (Lipinski definition) is 2. The van der Waals surface area contributed by atoms with Crippen LogP contribution in [0, 0.1) is 0 Å². The van der Waals surface area contributed by atoms with Gasteiger partial charge in [-0.2, -0.15) is 0 Å². The van der Waals surface area contributed by atoms with Gasteiger partial charge in [-0.25, -0.2) is 0 Å². The Balaban J connectivity index is 1.93. The van der Waals surface area contributed by atoms with Crippen LogP contribution in [0.3, 0.4) is 0 Å². The highest BCUT2D eigenvalue weighted by Gasteiger charge is 2.02. The fraction of sp³-hybridized carbons (Fsp3) is 0.312. The number of rotatable bonds is 6. The second-order valence-corrected chi connectivity index (χ2v) is 4.52. The molecular formula is C16H20N2O. The molecule has 19 heavy (non-hydrogen) atoms. The van der Waals surface area contributed by atoms with Gasteiger partial charge in [-0.1, -0.05) is 49.4 Å². The van der Waals surface area contributed by atoms with Gasteiger partial charge in [0.2, 0.25) is 5.91 Å². The molecule has 2 N–H and O–H groups in total. The van der Waals surface area contributed by atoms with Crippen LogP contribution >= 0.6 is 0 Å². The van der Waals surface area contributed by atoms with Gasteiger partial charge < -0.3 is 10.6 Å². The van der Waals surface area contributed by atoms with Gasteiger partial charge in [-0.05, 0) is 29.3 Å². The Morgan fingerprint density at radius 1 is 1.11 bits per heavy atom. The van der Waals surface area contributed by atoms with E-state index < -0.39 is 0 Å².